The van der Waals surface area contributed by atoms with Gasteiger partial charge in [0.25, 0.3) is 5.91 Å². The number of hydrogen-bond donors (Lipinski definition) is 0. The highest BCUT2D eigenvalue weighted by molar-refractivity contribution is 9.10. The van der Waals surface area contributed by atoms with Crippen LogP contribution in [0.2, 0.25) is 0 Å². The molecule has 1 aliphatic heterocycles. The Kier molecular flexibility index (Phi) is 2.82. The lowest BCUT2D eigenvalue weighted by molar-refractivity contribution is 0.0785. The molecule has 1 aromatic rings. The van der Waals surface area contributed by atoms with Crippen LogP contribution in [0.25, 0.3) is 0 Å². The standard InChI is InChI=1S/C10H14BrN3O/c1-7-8(11)9(12-13(7)2)10(15)14-5-3-4-6-14/h3-6H2,1-2H3. The number of nitrogens with zero attached hydrogens (tertiary/aromatic N) is 3. The highest BCUT2D eigenvalue weighted by Crippen LogP contribution is 2.22. The van der Waals surface area contributed by atoms with E-state index < -0.39 is 0 Å². The van der Waals surface area contributed by atoms with E-state index in [-0.39, 0.29) is 5.91 Å². The number of hydrogen-bond acceptors (Lipinski definition) is 2. The molecule has 0 bridgehead atoms. The van der Waals surface area contributed by atoms with Crippen molar-refractivity contribution in [3.63, 3.8) is 0 Å². The topological polar surface area (TPSA) is 38.1 Å². The molecule has 0 N–H and O–H groups in total. The zero-order valence-corrected chi connectivity index (χ0v) is 10.5. The lowest BCUT2D eigenvalue weighted by Gasteiger charge is -2.13. The Morgan fingerprint density at radius 1 is 1.40 bits per heavy atom. The molecule has 2 rings (SSSR count). The Hall–Kier alpha value is -0.840. The fourth-order valence-electron chi connectivity index (χ4n) is 1.79. The Labute approximate surface area is 97.4 Å². The Morgan fingerprint density at radius 2 is 2.00 bits per heavy atom. The van der Waals surface area contributed by atoms with Crippen molar-refractivity contribution in [2.75, 3.05) is 13.1 Å². The zero-order chi connectivity index (χ0) is 11.0. The highest BCUT2D eigenvalue weighted by atomic mass is 79.9. The molecule has 4 nitrogen and oxygen atoms in total. The first-order valence-electron chi connectivity index (χ1n) is 5.09. The molecule has 0 spiro atoms. The summed E-state index contributed by atoms with van der Waals surface area (Å²) in [6.07, 6.45) is 2.21. The van der Waals surface area contributed by atoms with Gasteiger partial charge in [-0.3, -0.25) is 9.48 Å². The number of likely N-dealkylation sites (tertiary alicyclic amines) is 1. The predicted octanol–water partition coefficient (Wildman–Crippen LogP) is 1.73. The van der Waals surface area contributed by atoms with Crippen LogP contribution in [0.1, 0.15) is 29.0 Å². The van der Waals surface area contributed by atoms with E-state index in [2.05, 4.69) is 21.0 Å². The summed E-state index contributed by atoms with van der Waals surface area (Å²) in [7, 11) is 1.85. The molecule has 2 heterocycles. The fourth-order valence-corrected chi connectivity index (χ4v) is 2.29. The highest BCUT2D eigenvalue weighted by Gasteiger charge is 2.25. The Bertz CT molecular complexity index is 394. The molecule has 0 radical (unpaired) electrons. The van der Waals surface area contributed by atoms with Crippen molar-refractivity contribution < 1.29 is 4.79 Å². The minimum absolute atomic E-state index is 0.0445. The second-order valence-electron chi connectivity index (χ2n) is 3.87. The number of amides is 1. The van der Waals surface area contributed by atoms with Gasteiger partial charge in [-0.05, 0) is 35.7 Å². The van der Waals surface area contributed by atoms with Gasteiger partial charge in [-0.2, -0.15) is 5.10 Å². The molecular weight excluding hydrogens is 258 g/mol. The van der Waals surface area contributed by atoms with E-state index in [0.29, 0.717) is 5.69 Å². The monoisotopic (exact) mass is 271 g/mol. The molecule has 0 atom stereocenters. The molecule has 1 amide bonds. The Morgan fingerprint density at radius 3 is 2.47 bits per heavy atom. The second-order valence-corrected chi connectivity index (χ2v) is 4.66. The number of aryl methyl sites for hydroxylation is 1. The molecule has 0 saturated carbocycles. The van der Waals surface area contributed by atoms with E-state index in [1.54, 1.807) is 4.68 Å². The largest absolute Gasteiger partial charge is 0.337 e. The van der Waals surface area contributed by atoms with Gasteiger partial charge in [0.1, 0.15) is 0 Å². The van der Waals surface area contributed by atoms with Gasteiger partial charge in [0.2, 0.25) is 0 Å². The maximum Gasteiger partial charge on any atom is 0.275 e. The van der Waals surface area contributed by atoms with Crippen LogP contribution in [0.15, 0.2) is 4.47 Å². The lowest BCUT2D eigenvalue weighted by atomic mass is 10.3. The van der Waals surface area contributed by atoms with Gasteiger partial charge in [0.05, 0.1) is 10.2 Å². The van der Waals surface area contributed by atoms with Crippen LogP contribution in [-0.2, 0) is 7.05 Å². The average molecular weight is 272 g/mol. The number of carbonyl (C=O) groups is 1. The van der Waals surface area contributed by atoms with Crippen molar-refractivity contribution in [3.05, 3.63) is 15.9 Å². The molecule has 15 heavy (non-hydrogen) atoms. The van der Waals surface area contributed by atoms with Gasteiger partial charge in [-0.25, -0.2) is 0 Å². The molecule has 1 saturated heterocycles. The molecule has 82 valence electrons. The summed E-state index contributed by atoms with van der Waals surface area (Å²) in [5.41, 5.74) is 1.52. The third kappa shape index (κ3) is 1.80. The molecule has 0 aromatic carbocycles. The van der Waals surface area contributed by atoms with Crippen LogP contribution < -0.4 is 0 Å². The van der Waals surface area contributed by atoms with Gasteiger partial charge < -0.3 is 4.90 Å². The molecule has 5 heteroatoms. The predicted molar refractivity (Wildman–Crippen MR) is 60.8 cm³/mol. The molecular formula is C10H14BrN3O. The van der Waals surface area contributed by atoms with Crippen molar-refractivity contribution in [1.82, 2.24) is 14.7 Å². The number of halogens is 1. The summed E-state index contributed by atoms with van der Waals surface area (Å²) in [5.74, 6) is 0.0445. The third-order valence-corrected chi connectivity index (χ3v) is 3.81. The molecule has 1 aliphatic rings. The maximum absolute atomic E-state index is 12.1. The van der Waals surface area contributed by atoms with E-state index in [4.69, 9.17) is 0 Å². The van der Waals surface area contributed by atoms with E-state index >= 15 is 0 Å². The summed E-state index contributed by atoms with van der Waals surface area (Å²) < 4.78 is 2.55. The van der Waals surface area contributed by atoms with Crippen molar-refractivity contribution in [2.24, 2.45) is 7.05 Å². The van der Waals surface area contributed by atoms with Crippen LogP contribution in [-0.4, -0.2) is 33.7 Å². The minimum atomic E-state index is 0.0445. The summed E-state index contributed by atoms with van der Waals surface area (Å²) in [4.78, 5) is 13.9. The SMILES string of the molecule is Cc1c(Br)c(C(=O)N2CCCC2)nn1C. The maximum atomic E-state index is 12.1. The normalized spacial score (nSPS) is 16.1. The van der Waals surface area contributed by atoms with Crippen molar-refractivity contribution in [3.8, 4) is 0 Å². The van der Waals surface area contributed by atoms with E-state index in [0.717, 1.165) is 36.1 Å². The first kappa shape index (κ1) is 10.7. The first-order chi connectivity index (χ1) is 7.11. The zero-order valence-electron chi connectivity index (χ0n) is 8.96. The summed E-state index contributed by atoms with van der Waals surface area (Å²) in [5, 5.41) is 4.23. The number of carbonyl (C=O) groups excluding carboxylic acids is 1. The van der Waals surface area contributed by atoms with E-state index in [1.807, 2.05) is 18.9 Å². The van der Waals surface area contributed by atoms with E-state index in [9.17, 15) is 4.79 Å². The van der Waals surface area contributed by atoms with Gasteiger partial charge in [-0.15, -0.1) is 0 Å². The van der Waals surface area contributed by atoms with Crippen LogP contribution in [0.4, 0.5) is 0 Å². The summed E-state index contributed by atoms with van der Waals surface area (Å²) in [6, 6.07) is 0. The van der Waals surface area contributed by atoms with E-state index in [1.165, 1.54) is 0 Å². The van der Waals surface area contributed by atoms with Crippen LogP contribution in [0.5, 0.6) is 0 Å². The lowest BCUT2D eigenvalue weighted by Crippen LogP contribution is -2.28. The summed E-state index contributed by atoms with van der Waals surface area (Å²) >= 11 is 3.42. The average Bonchev–Trinajstić information content (AvgIpc) is 2.82. The van der Waals surface area contributed by atoms with Gasteiger partial charge in [0.15, 0.2) is 5.69 Å². The van der Waals surface area contributed by atoms with Crippen LogP contribution in [0.3, 0.4) is 0 Å². The summed E-state index contributed by atoms with van der Waals surface area (Å²) in [6.45, 7) is 3.67. The van der Waals surface area contributed by atoms with Crippen LogP contribution in [0, 0.1) is 6.92 Å². The molecule has 0 unspecified atom stereocenters. The number of rotatable bonds is 1. The Balaban J connectivity index is 2.28. The van der Waals surface area contributed by atoms with Gasteiger partial charge in [0, 0.05) is 20.1 Å². The quantitative estimate of drug-likeness (QED) is 0.780. The van der Waals surface area contributed by atoms with Crippen LogP contribution >= 0.6 is 15.9 Å². The second kappa shape index (κ2) is 3.96. The van der Waals surface area contributed by atoms with Crippen molar-refractivity contribution in [2.45, 2.75) is 19.8 Å². The molecule has 1 aromatic heterocycles. The smallest absolute Gasteiger partial charge is 0.275 e. The third-order valence-electron chi connectivity index (χ3n) is 2.86. The number of aromatic nitrogens is 2. The van der Waals surface area contributed by atoms with Crippen molar-refractivity contribution in [1.29, 1.82) is 0 Å². The van der Waals surface area contributed by atoms with Gasteiger partial charge in [-0.1, -0.05) is 0 Å². The minimum Gasteiger partial charge on any atom is -0.337 e. The van der Waals surface area contributed by atoms with Gasteiger partial charge >= 0.3 is 0 Å². The first-order valence-corrected chi connectivity index (χ1v) is 5.89. The molecule has 0 aliphatic carbocycles. The fraction of sp³-hybridized carbons (Fsp3) is 0.600. The molecule has 1 fully saturated rings. The van der Waals surface area contributed by atoms with Crippen molar-refractivity contribution >= 4 is 21.8 Å².